The van der Waals surface area contributed by atoms with Crippen molar-refractivity contribution in [3.05, 3.63) is 65.7 Å². The maximum absolute atomic E-state index is 11.8. The summed E-state index contributed by atoms with van der Waals surface area (Å²) < 4.78 is 0. The molecule has 5 heteroatoms. The molecule has 5 nitrogen and oxygen atoms in total. The zero-order valence-electron chi connectivity index (χ0n) is 11.0. The van der Waals surface area contributed by atoms with Crippen LogP contribution in [0.25, 0.3) is 6.08 Å². The summed E-state index contributed by atoms with van der Waals surface area (Å²) in [4.78, 5) is 22.8. The zero-order valence-corrected chi connectivity index (χ0v) is 11.0. The highest BCUT2D eigenvalue weighted by atomic mass is 16.4. The normalized spacial score (nSPS) is 10.5. The average Bonchev–Trinajstić information content (AvgIpc) is 2.47. The van der Waals surface area contributed by atoms with E-state index >= 15 is 0 Å². The lowest BCUT2D eigenvalue weighted by Crippen LogP contribution is -2.11. The van der Waals surface area contributed by atoms with Crippen LogP contribution in [-0.2, 0) is 4.79 Å². The van der Waals surface area contributed by atoms with Crippen LogP contribution < -0.4 is 5.32 Å². The first-order valence-electron chi connectivity index (χ1n) is 6.17. The Labute approximate surface area is 121 Å². The van der Waals surface area contributed by atoms with Crippen LogP contribution in [-0.4, -0.2) is 22.1 Å². The van der Waals surface area contributed by atoms with E-state index in [1.54, 1.807) is 30.3 Å². The molecule has 0 fully saturated rings. The molecule has 1 amide bonds. The smallest absolute Gasteiger partial charge is 0.337 e. The SMILES string of the molecule is O=C(C=Cc1ccccc1O)Nc1ccccc1C(=O)O. The molecule has 21 heavy (non-hydrogen) atoms. The van der Waals surface area contributed by atoms with E-state index in [-0.39, 0.29) is 17.0 Å². The van der Waals surface area contributed by atoms with Crippen molar-refractivity contribution in [3.63, 3.8) is 0 Å². The number of carboxylic acids is 1. The molecule has 2 rings (SSSR count). The van der Waals surface area contributed by atoms with E-state index < -0.39 is 11.9 Å². The van der Waals surface area contributed by atoms with Crippen molar-refractivity contribution in [2.45, 2.75) is 0 Å². The Hall–Kier alpha value is -3.08. The summed E-state index contributed by atoms with van der Waals surface area (Å²) in [6.45, 7) is 0. The van der Waals surface area contributed by atoms with E-state index in [2.05, 4.69) is 5.32 Å². The predicted octanol–water partition coefficient (Wildman–Crippen LogP) is 2.74. The molecule has 0 radical (unpaired) electrons. The molecule has 0 aliphatic rings. The minimum Gasteiger partial charge on any atom is -0.507 e. The van der Waals surface area contributed by atoms with Crippen molar-refractivity contribution in [3.8, 4) is 5.75 Å². The molecule has 0 saturated heterocycles. The van der Waals surface area contributed by atoms with Gasteiger partial charge in [0.1, 0.15) is 5.75 Å². The lowest BCUT2D eigenvalue weighted by Gasteiger charge is -2.05. The van der Waals surface area contributed by atoms with Crippen LogP contribution in [0.15, 0.2) is 54.6 Å². The molecular formula is C16H13NO4. The van der Waals surface area contributed by atoms with Crippen LogP contribution in [0.4, 0.5) is 5.69 Å². The van der Waals surface area contributed by atoms with Crippen molar-refractivity contribution in [2.75, 3.05) is 5.32 Å². The molecule has 0 bridgehead atoms. The van der Waals surface area contributed by atoms with Gasteiger partial charge in [0.15, 0.2) is 0 Å². The Morgan fingerprint density at radius 1 is 1.00 bits per heavy atom. The van der Waals surface area contributed by atoms with Crippen LogP contribution in [0.2, 0.25) is 0 Å². The largest absolute Gasteiger partial charge is 0.507 e. The predicted molar refractivity (Wildman–Crippen MR) is 79.2 cm³/mol. The summed E-state index contributed by atoms with van der Waals surface area (Å²) in [5.74, 6) is -1.53. The van der Waals surface area contributed by atoms with Gasteiger partial charge in [0, 0.05) is 11.6 Å². The number of para-hydroxylation sites is 2. The number of anilines is 1. The molecule has 0 atom stereocenters. The molecule has 0 spiro atoms. The number of carboxylic acid groups (broad SMARTS) is 1. The highest BCUT2D eigenvalue weighted by Gasteiger charge is 2.10. The van der Waals surface area contributed by atoms with Gasteiger partial charge in [-0.25, -0.2) is 4.79 Å². The van der Waals surface area contributed by atoms with E-state index in [0.717, 1.165) is 0 Å². The van der Waals surface area contributed by atoms with Crippen molar-refractivity contribution in [1.29, 1.82) is 0 Å². The van der Waals surface area contributed by atoms with Crippen molar-refractivity contribution >= 4 is 23.6 Å². The fourth-order valence-electron chi connectivity index (χ4n) is 1.75. The number of benzene rings is 2. The summed E-state index contributed by atoms with van der Waals surface area (Å²) in [7, 11) is 0. The third kappa shape index (κ3) is 3.70. The molecule has 3 N–H and O–H groups in total. The topological polar surface area (TPSA) is 86.6 Å². The second-order valence-corrected chi connectivity index (χ2v) is 4.23. The van der Waals surface area contributed by atoms with Gasteiger partial charge in [-0.15, -0.1) is 0 Å². The number of carbonyl (C=O) groups is 2. The van der Waals surface area contributed by atoms with Crippen LogP contribution in [0.5, 0.6) is 5.75 Å². The van der Waals surface area contributed by atoms with Gasteiger partial charge in [-0.1, -0.05) is 30.3 Å². The first-order chi connectivity index (χ1) is 10.1. The number of phenols is 1. The summed E-state index contributed by atoms with van der Waals surface area (Å²) in [6, 6.07) is 12.7. The molecule has 2 aromatic carbocycles. The van der Waals surface area contributed by atoms with Gasteiger partial charge in [-0.05, 0) is 24.3 Å². The van der Waals surface area contributed by atoms with Gasteiger partial charge >= 0.3 is 5.97 Å². The number of aromatic carboxylic acids is 1. The van der Waals surface area contributed by atoms with Gasteiger partial charge in [-0.2, -0.15) is 0 Å². The first-order valence-corrected chi connectivity index (χ1v) is 6.17. The quantitative estimate of drug-likeness (QED) is 0.753. The van der Waals surface area contributed by atoms with E-state index in [0.29, 0.717) is 5.56 Å². The number of hydrogen-bond acceptors (Lipinski definition) is 3. The number of nitrogens with one attached hydrogen (secondary N) is 1. The van der Waals surface area contributed by atoms with Gasteiger partial charge < -0.3 is 15.5 Å². The molecule has 0 saturated carbocycles. The first kappa shape index (κ1) is 14.3. The van der Waals surface area contributed by atoms with Gasteiger partial charge in [-0.3, -0.25) is 4.79 Å². The standard InChI is InChI=1S/C16H13NO4/c18-14-8-4-1-5-11(14)9-10-15(19)17-13-7-3-2-6-12(13)16(20)21/h1-10,18H,(H,17,19)(H,20,21). The van der Waals surface area contributed by atoms with Gasteiger partial charge in [0.2, 0.25) is 5.91 Å². The third-order valence-electron chi connectivity index (χ3n) is 2.77. The molecule has 2 aromatic rings. The number of carbonyl (C=O) groups excluding carboxylic acids is 1. The minimum absolute atomic E-state index is 0.0156. The second kappa shape index (κ2) is 6.38. The molecular weight excluding hydrogens is 270 g/mol. The Bertz CT molecular complexity index is 707. The maximum atomic E-state index is 11.8. The van der Waals surface area contributed by atoms with E-state index in [1.807, 2.05) is 0 Å². The summed E-state index contributed by atoms with van der Waals surface area (Å²) in [6.07, 6.45) is 2.68. The summed E-state index contributed by atoms with van der Waals surface area (Å²) in [5.41, 5.74) is 0.734. The molecule has 0 aliphatic carbocycles. The highest BCUT2D eigenvalue weighted by Crippen LogP contribution is 2.18. The third-order valence-corrected chi connectivity index (χ3v) is 2.77. The monoisotopic (exact) mass is 283 g/mol. The number of phenolic OH excluding ortho intramolecular Hbond substituents is 1. The maximum Gasteiger partial charge on any atom is 0.337 e. The summed E-state index contributed by atoms with van der Waals surface area (Å²) >= 11 is 0. The Balaban J connectivity index is 2.13. The van der Waals surface area contributed by atoms with E-state index in [4.69, 9.17) is 5.11 Å². The molecule has 0 aromatic heterocycles. The van der Waals surface area contributed by atoms with Crippen LogP contribution in [0.1, 0.15) is 15.9 Å². The molecule has 0 heterocycles. The molecule has 0 unspecified atom stereocenters. The number of rotatable bonds is 4. The Morgan fingerprint density at radius 3 is 2.38 bits per heavy atom. The highest BCUT2D eigenvalue weighted by molar-refractivity contribution is 6.06. The second-order valence-electron chi connectivity index (χ2n) is 4.23. The summed E-state index contributed by atoms with van der Waals surface area (Å²) in [5, 5.41) is 21.1. The van der Waals surface area contributed by atoms with Gasteiger partial charge in [0.05, 0.1) is 11.3 Å². The van der Waals surface area contributed by atoms with Crippen LogP contribution in [0.3, 0.4) is 0 Å². The van der Waals surface area contributed by atoms with E-state index in [9.17, 15) is 14.7 Å². The van der Waals surface area contributed by atoms with Crippen molar-refractivity contribution in [1.82, 2.24) is 0 Å². The lowest BCUT2D eigenvalue weighted by atomic mass is 10.1. The minimum atomic E-state index is -1.12. The van der Waals surface area contributed by atoms with Crippen LogP contribution in [0, 0.1) is 0 Å². The fraction of sp³-hybridized carbons (Fsp3) is 0. The van der Waals surface area contributed by atoms with Crippen molar-refractivity contribution < 1.29 is 19.8 Å². The molecule has 0 aliphatic heterocycles. The Morgan fingerprint density at radius 2 is 1.67 bits per heavy atom. The fourth-order valence-corrected chi connectivity index (χ4v) is 1.75. The zero-order chi connectivity index (χ0) is 15.2. The molecule has 106 valence electrons. The Kier molecular flexibility index (Phi) is 4.36. The van der Waals surface area contributed by atoms with Crippen molar-refractivity contribution in [2.24, 2.45) is 0 Å². The van der Waals surface area contributed by atoms with Crippen LogP contribution >= 0.6 is 0 Å². The number of amides is 1. The average molecular weight is 283 g/mol. The van der Waals surface area contributed by atoms with Gasteiger partial charge in [0.25, 0.3) is 0 Å². The lowest BCUT2D eigenvalue weighted by molar-refractivity contribution is -0.111. The number of hydrogen-bond donors (Lipinski definition) is 3. The van der Waals surface area contributed by atoms with E-state index in [1.165, 1.54) is 30.4 Å². The number of aromatic hydroxyl groups is 1.